The van der Waals surface area contributed by atoms with Crippen LogP contribution in [0.5, 0.6) is 0 Å². The van der Waals surface area contributed by atoms with E-state index in [-0.39, 0.29) is 30.8 Å². The van der Waals surface area contributed by atoms with E-state index >= 15 is 0 Å². The summed E-state index contributed by atoms with van der Waals surface area (Å²) in [7, 11) is 3.50. The number of morpholine rings is 1. The Morgan fingerprint density at radius 2 is 1.88 bits per heavy atom. The van der Waals surface area contributed by atoms with Crippen molar-refractivity contribution in [3.05, 3.63) is 0 Å². The van der Waals surface area contributed by atoms with Crippen molar-refractivity contribution < 1.29 is 19.0 Å². The molecule has 3 atom stereocenters. The molecule has 0 bridgehead atoms. The standard InChI is InChI=1S/C18H32N4O4/c1-21(2)17(23)12-20-18(19-11-14-5-3-8-24-14)22-7-10-26-16(13-22)15-6-4-9-25-15/h14-16H,3-13H2,1-2H3,(H,19,20). The first-order chi connectivity index (χ1) is 12.6. The summed E-state index contributed by atoms with van der Waals surface area (Å²) in [5, 5.41) is 3.42. The Morgan fingerprint density at radius 3 is 2.58 bits per heavy atom. The van der Waals surface area contributed by atoms with Crippen LogP contribution in [0.25, 0.3) is 0 Å². The number of guanidine groups is 1. The van der Waals surface area contributed by atoms with Gasteiger partial charge in [-0.25, -0.2) is 4.99 Å². The molecule has 8 heteroatoms. The molecule has 3 saturated heterocycles. The minimum absolute atomic E-state index is 0.00893. The number of aliphatic imine (C=N–C) groups is 1. The van der Waals surface area contributed by atoms with Crippen LogP contribution in [0.15, 0.2) is 4.99 Å². The second-order valence-electron chi connectivity index (χ2n) is 7.35. The average molecular weight is 368 g/mol. The molecule has 0 saturated carbocycles. The SMILES string of the molecule is CN(C)C(=O)CN=C(NCC1CCCO1)N1CCOC(C2CCCO2)C1. The van der Waals surface area contributed by atoms with Crippen LogP contribution < -0.4 is 5.32 Å². The van der Waals surface area contributed by atoms with Crippen molar-refractivity contribution in [2.75, 3.05) is 60.1 Å². The van der Waals surface area contributed by atoms with Gasteiger partial charge in [-0.3, -0.25) is 4.79 Å². The lowest BCUT2D eigenvalue weighted by atomic mass is 10.1. The highest BCUT2D eigenvalue weighted by Gasteiger charge is 2.32. The summed E-state index contributed by atoms with van der Waals surface area (Å²) in [4.78, 5) is 20.3. The molecule has 1 N–H and O–H groups in total. The van der Waals surface area contributed by atoms with E-state index in [1.54, 1.807) is 19.0 Å². The molecule has 3 heterocycles. The quantitative estimate of drug-likeness (QED) is 0.547. The van der Waals surface area contributed by atoms with Crippen molar-refractivity contribution in [3.8, 4) is 0 Å². The third kappa shape index (κ3) is 5.31. The molecule has 26 heavy (non-hydrogen) atoms. The fourth-order valence-electron chi connectivity index (χ4n) is 3.55. The second kappa shape index (κ2) is 9.53. The van der Waals surface area contributed by atoms with Gasteiger partial charge in [0.25, 0.3) is 0 Å². The largest absolute Gasteiger partial charge is 0.376 e. The summed E-state index contributed by atoms with van der Waals surface area (Å²) >= 11 is 0. The van der Waals surface area contributed by atoms with Gasteiger partial charge in [0.05, 0.1) is 18.8 Å². The monoisotopic (exact) mass is 368 g/mol. The maximum atomic E-state index is 12.0. The molecular weight excluding hydrogens is 336 g/mol. The molecule has 3 aliphatic heterocycles. The highest BCUT2D eigenvalue weighted by molar-refractivity contribution is 5.85. The average Bonchev–Trinajstić information content (AvgIpc) is 3.35. The maximum Gasteiger partial charge on any atom is 0.243 e. The molecule has 3 aliphatic rings. The number of rotatable bonds is 5. The van der Waals surface area contributed by atoms with E-state index in [0.717, 1.165) is 64.5 Å². The second-order valence-corrected chi connectivity index (χ2v) is 7.35. The number of ether oxygens (including phenoxy) is 3. The van der Waals surface area contributed by atoms with E-state index in [0.29, 0.717) is 6.61 Å². The van der Waals surface area contributed by atoms with Crippen LogP contribution in [0.1, 0.15) is 25.7 Å². The van der Waals surface area contributed by atoms with Crippen molar-refractivity contribution in [1.82, 2.24) is 15.1 Å². The zero-order valence-electron chi connectivity index (χ0n) is 16.0. The van der Waals surface area contributed by atoms with Crippen molar-refractivity contribution >= 4 is 11.9 Å². The molecule has 0 radical (unpaired) electrons. The zero-order valence-corrected chi connectivity index (χ0v) is 16.0. The van der Waals surface area contributed by atoms with Gasteiger partial charge in [-0.1, -0.05) is 0 Å². The molecular formula is C18H32N4O4. The highest BCUT2D eigenvalue weighted by atomic mass is 16.5. The molecule has 0 aromatic heterocycles. The fraction of sp³-hybridized carbons (Fsp3) is 0.889. The van der Waals surface area contributed by atoms with Crippen molar-refractivity contribution in [2.45, 2.75) is 44.0 Å². The number of hydrogen-bond donors (Lipinski definition) is 1. The Labute approximate surface area is 155 Å². The van der Waals surface area contributed by atoms with Gasteiger partial charge in [-0.05, 0) is 25.7 Å². The van der Waals surface area contributed by atoms with E-state index in [1.807, 2.05) is 0 Å². The number of nitrogens with one attached hydrogen (secondary N) is 1. The van der Waals surface area contributed by atoms with Crippen LogP contribution in [0, 0.1) is 0 Å². The van der Waals surface area contributed by atoms with Crippen LogP contribution in [0.4, 0.5) is 0 Å². The van der Waals surface area contributed by atoms with Gasteiger partial charge in [0.1, 0.15) is 12.6 Å². The minimum atomic E-state index is -0.00893. The number of carbonyl (C=O) groups is 1. The third-order valence-corrected chi connectivity index (χ3v) is 5.15. The summed E-state index contributed by atoms with van der Waals surface area (Å²) < 4.78 is 17.4. The molecule has 0 aromatic rings. The smallest absolute Gasteiger partial charge is 0.243 e. The van der Waals surface area contributed by atoms with E-state index in [1.165, 1.54) is 0 Å². The molecule has 3 rings (SSSR count). The summed E-state index contributed by atoms with van der Waals surface area (Å²) in [6, 6.07) is 0. The lowest BCUT2D eigenvalue weighted by Gasteiger charge is -2.37. The zero-order chi connectivity index (χ0) is 18.4. The van der Waals surface area contributed by atoms with E-state index in [9.17, 15) is 4.79 Å². The Hall–Kier alpha value is -1.38. The Kier molecular flexibility index (Phi) is 7.10. The van der Waals surface area contributed by atoms with Crippen LogP contribution in [0.2, 0.25) is 0 Å². The van der Waals surface area contributed by atoms with Gasteiger partial charge in [-0.15, -0.1) is 0 Å². The molecule has 3 unspecified atom stereocenters. The van der Waals surface area contributed by atoms with Crippen LogP contribution in [0.3, 0.4) is 0 Å². The summed E-state index contributed by atoms with van der Waals surface area (Å²) in [6.45, 7) is 4.65. The molecule has 0 aliphatic carbocycles. The van der Waals surface area contributed by atoms with Crippen molar-refractivity contribution in [3.63, 3.8) is 0 Å². The number of hydrogen-bond acceptors (Lipinski definition) is 5. The van der Waals surface area contributed by atoms with Crippen LogP contribution in [-0.2, 0) is 19.0 Å². The first kappa shape index (κ1) is 19.4. The molecule has 1 amide bonds. The lowest BCUT2D eigenvalue weighted by molar-refractivity contribution is -0.127. The van der Waals surface area contributed by atoms with Gasteiger partial charge < -0.3 is 29.3 Å². The Bertz CT molecular complexity index is 488. The highest BCUT2D eigenvalue weighted by Crippen LogP contribution is 2.21. The Balaban J connectivity index is 1.62. The topological polar surface area (TPSA) is 75.6 Å². The summed E-state index contributed by atoms with van der Waals surface area (Å²) in [6.07, 6.45) is 4.77. The molecule has 148 valence electrons. The summed E-state index contributed by atoms with van der Waals surface area (Å²) in [5.74, 6) is 0.757. The van der Waals surface area contributed by atoms with Gasteiger partial charge in [0.2, 0.25) is 5.91 Å². The van der Waals surface area contributed by atoms with Gasteiger partial charge in [-0.2, -0.15) is 0 Å². The van der Waals surface area contributed by atoms with Gasteiger partial charge in [0.15, 0.2) is 5.96 Å². The molecule has 8 nitrogen and oxygen atoms in total. The van der Waals surface area contributed by atoms with Gasteiger partial charge in [0, 0.05) is 46.9 Å². The van der Waals surface area contributed by atoms with E-state index < -0.39 is 0 Å². The van der Waals surface area contributed by atoms with Gasteiger partial charge >= 0.3 is 0 Å². The number of likely N-dealkylation sites (N-methyl/N-ethyl adjacent to an activating group) is 1. The predicted molar refractivity (Wildman–Crippen MR) is 98.3 cm³/mol. The van der Waals surface area contributed by atoms with Crippen molar-refractivity contribution in [2.24, 2.45) is 4.99 Å². The molecule has 0 aromatic carbocycles. The number of nitrogens with zero attached hydrogens (tertiary/aromatic N) is 3. The normalized spacial score (nSPS) is 29.8. The summed E-state index contributed by atoms with van der Waals surface area (Å²) in [5.41, 5.74) is 0. The van der Waals surface area contributed by atoms with Crippen LogP contribution >= 0.6 is 0 Å². The minimum Gasteiger partial charge on any atom is -0.376 e. The number of carbonyl (C=O) groups excluding carboxylic acids is 1. The molecule has 3 fully saturated rings. The maximum absolute atomic E-state index is 12.0. The third-order valence-electron chi connectivity index (χ3n) is 5.15. The first-order valence-corrected chi connectivity index (χ1v) is 9.71. The lowest BCUT2D eigenvalue weighted by Crippen LogP contribution is -2.54. The Morgan fingerprint density at radius 1 is 1.12 bits per heavy atom. The predicted octanol–water partition coefficient (Wildman–Crippen LogP) is 0.0790. The first-order valence-electron chi connectivity index (χ1n) is 9.71. The van der Waals surface area contributed by atoms with E-state index in [4.69, 9.17) is 14.2 Å². The molecule has 0 spiro atoms. The van der Waals surface area contributed by atoms with Crippen LogP contribution in [-0.4, -0.2) is 100 Å². The number of amides is 1. The van der Waals surface area contributed by atoms with Crippen molar-refractivity contribution in [1.29, 1.82) is 0 Å². The fourth-order valence-corrected chi connectivity index (χ4v) is 3.55. The van der Waals surface area contributed by atoms with E-state index in [2.05, 4.69) is 15.2 Å².